The van der Waals surface area contributed by atoms with Crippen molar-refractivity contribution in [3.8, 4) is 5.69 Å². The first-order valence-electron chi connectivity index (χ1n) is 14.8. The number of imidazole rings is 2. The van der Waals surface area contributed by atoms with Gasteiger partial charge in [0, 0.05) is 51.7 Å². The maximum Gasteiger partial charge on any atom is 0.331 e. The number of aromatic amines is 1. The number of rotatable bonds is 10. The SMILES string of the molecule is COCCCn1c([C@@H]2CCCN(C(=O)C[C@H](N)Cc3ccc(-n4c(=O)[nH]c5ccccc54)cc3)C2)nc2ccccc21. The minimum Gasteiger partial charge on any atom is -0.385 e. The Balaban J connectivity index is 1.10. The Morgan fingerprint density at radius 2 is 1.83 bits per heavy atom. The molecule has 1 saturated heterocycles. The molecule has 2 aromatic heterocycles. The highest BCUT2D eigenvalue weighted by Gasteiger charge is 2.29. The topological polar surface area (TPSA) is 111 Å². The van der Waals surface area contributed by atoms with E-state index < -0.39 is 0 Å². The van der Waals surface area contributed by atoms with Gasteiger partial charge in [-0.15, -0.1) is 0 Å². The Kier molecular flexibility index (Phi) is 8.21. The minimum absolute atomic E-state index is 0.0937. The van der Waals surface area contributed by atoms with E-state index in [1.165, 1.54) is 0 Å². The van der Waals surface area contributed by atoms with Gasteiger partial charge in [0.2, 0.25) is 5.91 Å². The zero-order valence-electron chi connectivity index (χ0n) is 24.0. The van der Waals surface area contributed by atoms with Gasteiger partial charge in [-0.05, 0) is 67.6 Å². The summed E-state index contributed by atoms with van der Waals surface area (Å²) >= 11 is 0. The number of fused-ring (bicyclic) bond motifs is 2. The van der Waals surface area contributed by atoms with E-state index in [9.17, 15) is 9.59 Å². The lowest BCUT2D eigenvalue weighted by molar-refractivity contribution is -0.132. The molecule has 9 heteroatoms. The number of ether oxygens (including phenoxy) is 1. The number of carbonyl (C=O) groups excluding carboxylic acids is 1. The minimum atomic E-state index is -0.293. The maximum atomic E-state index is 13.4. The van der Waals surface area contributed by atoms with E-state index >= 15 is 0 Å². The van der Waals surface area contributed by atoms with E-state index in [-0.39, 0.29) is 23.6 Å². The number of likely N-dealkylation sites (tertiary alicyclic amines) is 1. The molecule has 2 atom stereocenters. The third kappa shape index (κ3) is 5.75. The highest BCUT2D eigenvalue weighted by atomic mass is 16.5. The number of H-pyrrole nitrogens is 1. The monoisotopic (exact) mass is 566 g/mol. The number of piperidine rings is 1. The molecule has 0 unspecified atom stereocenters. The van der Waals surface area contributed by atoms with Gasteiger partial charge in [-0.25, -0.2) is 9.78 Å². The molecular formula is C33H38N6O3. The number of nitrogens with one attached hydrogen (secondary N) is 1. The molecule has 3 heterocycles. The van der Waals surface area contributed by atoms with Crippen molar-refractivity contribution >= 4 is 28.0 Å². The van der Waals surface area contributed by atoms with Crippen LogP contribution in [0, 0.1) is 0 Å². The Hall–Kier alpha value is -4.21. The number of aryl methyl sites for hydroxylation is 1. The van der Waals surface area contributed by atoms with Crippen molar-refractivity contribution in [3.63, 3.8) is 0 Å². The van der Waals surface area contributed by atoms with Crippen LogP contribution < -0.4 is 11.4 Å². The number of nitrogens with zero attached hydrogens (tertiary/aromatic N) is 4. The fourth-order valence-electron chi connectivity index (χ4n) is 6.24. The largest absolute Gasteiger partial charge is 0.385 e. The molecule has 1 fully saturated rings. The van der Waals surface area contributed by atoms with Crippen LogP contribution in [0.15, 0.2) is 77.6 Å². The van der Waals surface area contributed by atoms with Crippen LogP contribution in [0.1, 0.15) is 43.0 Å². The molecule has 1 amide bonds. The van der Waals surface area contributed by atoms with E-state index in [4.69, 9.17) is 15.5 Å². The Morgan fingerprint density at radius 3 is 2.64 bits per heavy atom. The lowest BCUT2D eigenvalue weighted by Crippen LogP contribution is -2.42. The lowest BCUT2D eigenvalue weighted by Gasteiger charge is -2.33. The van der Waals surface area contributed by atoms with Crippen LogP contribution in [0.4, 0.5) is 0 Å². The summed E-state index contributed by atoms with van der Waals surface area (Å²) in [6, 6.07) is 23.4. The molecule has 6 rings (SSSR count). The molecule has 3 aromatic carbocycles. The number of nitrogens with two attached hydrogens (primary N) is 1. The zero-order valence-corrected chi connectivity index (χ0v) is 24.0. The van der Waals surface area contributed by atoms with Crippen LogP contribution in [0.2, 0.25) is 0 Å². The summed E-state index contributed by atoms with van der Waals surface area (Å²) in [4.78, 5) is 35.8. The van der Waals surface area contributed by atoms with Gasteiger partial charge >= 0.3 is 5.69 Å². The van der Waals surface area contributed by atoms with Gasteiger partial charge in [0.1, 0.15) is 5.82 Å². The predicted molar refractivity (Wildman–Crippen MR) is 165 cm³/mol. The molecule has 0 aliphatic carbocycles. The van der Waals surface area contributed by atoms with E-state index in [0.29, 0.717) is 26.0 Å². The number of hydrogen-bond acceptors (Lipinski definition) is 5. The summed E-state index contributed by atoms with van der Waals surface area (Å²) in [5, 5.41) is 0. The van der Waals surface area contributed by atoms with Gasteiger partial charge in [0.05, 0.1) is 27.8 Å². The number of amides is 1. The van der Waals surface area contributed by atoms with Crippen LogP contribution in [-0.2, 0) is 22.5 Å². The number of aromatic nitrogens is 4. The fourth-order valence-corrected chi connectivity index (χ4v) is 6.24. The first-order valence-corrected chi connectivity index (χ1v) is 14.8. The Labute approximate surface area is 244 Å². The number of carbonyl (C=O) groups is 1. The summed E-state index contributed by atoms with van der Waals surface area (Å²) in [6.07, 6.45) is 3.74. The first kappa shape index (κ1) is 27.9. The van der Waals surface area contributed by atoms with Crippen molar-refractivity contribution in [1.82, 2.24) is 24.0 Å². The van der Waals surface area contributed by atoms with Crippen molar-refractivity contribution in [2.45, 2.75) is 50.6 Å². The van der Waals surface area contributed by atoms with E-state index in [1.807, 2.05) is 65.6 Å². The van der Waals surface area contributed by atoms with Crippen molar-refractivity contribution in [2.24, 2.45) is 5.73 Å². The van der Waals surface area contributed by atoms with Gasteiger partial charge < -0.3 is 24.9 Å². The van der Waals surface area contributed by atoms with Crippen LogP contribution in [0.5, 0.6) is 0 Å². The third-order valence-corrected chi connectivity index (χ3v) is 8.27. The molecular weight excluding hydrogens is 528 g/mol. The molecule has 218 valence electrons. The first-order chi connectivity index (χ1) is 20.5. The summed E-state index contributed by atoms with van der Waals surface area (Å²) in [5.41, 5.74) is 11.9. The average molecular weight is 567 g/mol. The highest BCUT2D eigenvalue weighted by Crippen LogP contribution is 2.30. The van der Waals surface area contributed by atoms with Crippen molar-refractivity contribution in [1.29, 1.82) is 0 Å². The summed E-state index contributed by atoms with van der Waals surface area (Å²) in [6.45, 7) is 2.95. The third-order valence-electron chi connectivity index (χ3n) is 8.27. The number of methoxy groups -OCH3 is 1. The normalized spacial score (nSPS) is 16.3. The van der Waals surface area contributed by atoms with Gasteiger partial charge in [-0.1, -0.05) is 36.4 Å². The number of para-hydroxylation sites is 4. The summed E-state index contributed by atoms with van der Waals surface area (Å²) < 4.78 is 9.28. The summed E-state index contributed by atoms with van der Waals surface area (Å²) in [5.74, 6) is 1.34. The molecule has 42 heavy (non-hydrogen) atoms. The van der Waals surface area contributed by atoms with Crippen LogP contribution in [0.3, 0.4) is 0 Å². The molecule has 9 nitrogen and oxygen atoms in total. The second-order valence-electron chi connectivity index (χ2n) is 11.3. The lowest BCUT2D eigenvalue weighted by atomic mass is 9.96. The van der Waals surface area contributed by atoms with Crippen LogP contribution in [-0.4, -0.2) is 62.8 Å². The zero-order chi connectivity index (χ0) is 29.1. The van der Waals surface area contributed by atoms with E-state index in [2.05, 4.69) is 21.7 Å². The number of benzene rings is 3. The quantitative estimate of drug-likeness (QED) is 0.244. The highest BCUT2D eigenvalue weighted by molar-refractivity contribution is 5.78. The summed E-state index contributed by atoms with van der Waals surface area (Å²) in [7, 11) is 1.73. The molecule has 0 radical (unpaired) electrons. The van der Waals surface area contributed by atoms with Gasteiger partial charge in [-0.2, -0.15) is 0 Å². The fraction of sp³-hybridized carbons (Fsp3) is 0.364. The van der Waals surface area contributed by atoms with Gasteiger partial charge in [-0.3, -0.25) is 9.36 Å². The second-order valence-corrected chi connectivity index (χ2v) is 11.3. The molecule has 0 bridgehead atoms. The molecule has 1 aliphatic heterocycles. The second kappa shape index (κ2) is 12.3. The maximum absolute atomic E-state index is 13.4. The molecule has 0 spiro atoms. The van der Waals surface area contributed by atoms with E-state index in [0.717, 1.165) is 71.5 Å². The molecule has 5 aromatic rings. The predicted octanol–water partition coefficient (Wildman–Crippen LogP) is 4.37. The average Bonchev–Trinajstić information content (AvgIpc) is 3.55. The van der Waals surface area contributed by atoms with Crippen molar-refractivity contribution in [3.05, 3.63) is 94.7 Å². The molecule has 3 N–H and O–H groups in total. The van der Waals surface area contributed by atoms with E-state index in [1.54, 1.807) is 11.7 Å². The smallest absolute Gasteiger partial charge is 0.331 e. The van der Waals surface area contributed by atoms with Gasteiger partial charge in [0.25, 0.3) is 0 Å². The Morgan fingerprint density at radius 1 is 1.07 bits per heavy atom. The molecule has 1 aliphatic rings. The number of hydrogen-bond donors (Lipinski definition) is 2. The van der Waals surface area contributed by atoms with Gasteiger partial charge in [0.15, 0.2) is 0 Å². The standard InChI is InChI=1S/C33H38N6O3/c1-42-19-7-18-38-29-11-4-2-9-27(29)35-32(38)24-8-6-17-37(22-24)31(40)21-25(34)20-23-13-15-26(16-14-23)39-30-12-5-3-10-28(30)36-33(39)41/h2-5,9-16,24-25H,6-8,17-22,34H2,1H3,(H,36,41)/t24-,25-/m1/s1. The Bertz CT molecular complexity index is 1730. The van der Waals surface area contributed by atoms with Crippen molar-refractivity contribution in [2.75, 3.05) is 26.8 Å². The van der Waals surface area contributed by atoms with Crippen molar-refractivity contribution < 1.29 is 9.53 Å². The van der Waals surface area contributed by atoms with Crippen LogP contribution >= 0.6 is 0 Å². The van der Waals surface area contributed by atoms with Crippen LogP contribution in [0.25, 0.3) is 27.8 Å². The molecule has 0 saturated carbocycles.